The first kappa shape index (κ1) is 19.5. The third-order valence-corrected chi connectivity index (χ3v) is 4.13. The second kappa shape index (κ2) is 8.62. The van der Waals surface area contributed by atoms with E-state index >= 15 is 0 Å². The number of quaternary nitrogens is 1. The first-order valence-corrected chi connectivity index (χ1v) is 8.89. The minimum absolute atomic E-state index is 0.0390. The van der Waals surface area contributed by atoms with Gasteiger partial charge >= 0.3 is 5.76 Å². The Morgan fingerprint density at radius 3 is 2.50 bits per heavy atom. The summed E-state index contributed by atoms with van der Waals surface area (Å²) in [6.07, 6.45) is 0. The van der Waals surface area contributed by atoms with Gasteiger partial charge in [-0.2, -0.15) is 4.68 Å². The minimum Gasteiger partial charge on any atom is -0.388 e. The normalized spacial score (nSPS) is 11.0. The molecule has 2 aromatic carbocycles. The van der Waals surface area contributed by atoms with Crippen molar-refractivity contribution in [3.05, 3.63) is 76.0 Å². The van der Waals surface area contributed by atoms with Gasteiger partial charge < -0.3 is 14.6 Å². The van der Waals surface area contributed by atoms with Crippen molar-refractivity contribution in [2.24, 2.45) is 0 Å². The second-order valence-corrected chi connectivity index (χ2v) is 6.77. The van der Waals surface area contributed by atoms with Crippen molar-refractivity contribution in [1.82, 2.24) is 15.1 Å². The zero-order valence-electron chi connectivity index (χ0n) is 15.7. The van der Waals surface area contributed by atoms with E-state index in [0.29, 0.717) is 12.1 Å². The Labute approximate surface area is 161 Å². The van der Waals surface area contributed by atoms with E-state index in [2.05, 4.69) is 24.5 Å². The number of rotatable bonds is 7. The van der Waals surface area contributed by atoms with Crippen LogP contribution in [0.5, 0.6) is 0 Å². The highest BCUT2D eigenvalue weighted by atomic mass is 19.1. The molecule has 146 valence electrons. The Morgan fingerprint density at radius 2 is 1.82 bits per heavy atom. The molecule has 8 heteroatoms. The third kappa shape index (κ3) is 4.92. The summed E-state index contributed by atoms with van der Waals surface area (Å²) in [4.78, 5) is 25.5. The van der Waals surface area contributed by atoms with Crippen LogP contribution in [-0.2, 0) is 24.4 Å². The lowest BCUT2D eigenvalue weighted by Crippen LogP contribution is -3.04. The van der Waals surface area contributed by atoms with Crippen LogP contribution >= 0.6 is 0 Å². The maximum Gasteiger partial charge on any atom is 0.437 e. The lowest BCUT2D eigenvalue weighted by Gasteiger charge is -2.12. The fraction of sp³-hybridized carbons (Fsp3) is 0.250. The zero-order chi connectivity index (χ0) is 20.1. The van der Waals surface area contributed by atoms with E-state index in [1.807, 2.05) is 24.3 Å². The van der Waals surface area contributed by atoms with E-state index in [1.54, 1.807) is 0 Å². The van der Waals surface area contributed by atoms with Crippen molar-refractivity contribution in [2.75, 3.05) is 14.1 Å². The Hall–Kier alpha value is -3.26. The molecular weight excluding hydrogens is 363 g/mol. The number of halogens is 1. The molecule has 0 bridgehead atoms. The van der Waals surface area contributed by atoms with Gasteiger partial charge in [-0.25, -0.2) is 9.18 Å². The maximum atomic E-state index is 13.0. The summed E-state index contributed by atoms with van der Waals surface area (Å²) in [6.45, 7) is 0.945. The summed E-state index contributed by atoms with van der Waals surface area (Å²) in [6, 6.07) is 13.3. The lowest BCUT2D eigenvalue weighted by atomic mass is 10.1. The number of carbonyl (C=O) groups excluding carboxylic acids is 1. The number of carbonyl (C=O) groups is 1. The molecule has 0 aliphatic carbocycles. The summed E-state index contributed by atoms with van der Waals surface area (Å²) < 4.78 is 19.0. The van der Waals surface area contributed by atoms with Gasteiger partial charge in [-0.1, -0.05) is 24.3 Å². The van der Waals surface area contributed by atoms with E-state index in [0.717, 1.165) is 22.4 Å². The average molecular weight is 385 g/mol. The predicted octanol–water partition coefficient (Wildman–Crippen LogP) is 0.603. The fourth-order valence-corrected chi connectivity index (χ4v) is 2.78. The molecule has 0 fully saturated rings. The first-order chi connectivity index (χ1) is 13.4. The number of hydrogen-bond acceptors (Lipinski definition) is 4. The summed E-state index contributed by atoms with van der Waals surface area (Å²) in [5.74, 6) is -1.46. The van der Waals surface area contributed by atoms with Crippen LogP contribution in [0.3, 0.4) is 0 Å². The van der Waals surface area contributed by atoms with E-state index in [-0.39, 0.29) is 18.3 Å². The maximum absolute atomic E-state index is 13.0. The fourth-order valence-electron chi connectivity index (χ4n) is 2.78. The average Bonchev–Trinajstić information content (AvgIpc) is 3.01. The number of nitrogens with one attached hydrogen (secondary N) is 2. The van der Waals surface area contributed by atoms with E-state index < -0.39 is 11.6 Å². The summed E-state index contributed by atoms with van der Waals surface area (Å²) >= 11 is 0. The van der Waals surface area contributed by atoms with Crippen LogP contribution in [0.4, 0.5) is 4.39 Å². The predicted molar refractivity (Wildman–Crippen MR) is 101 cm³/mol. The summed E-state index contributed by atoms with van der Waals surface area (Å²) in [5, 5.41) is 6.82. The number of nitrogens with zero attached hydrogens (tertiary/aromatic N) is 2. The van der Waals surface area contributed by atoms with Gasteiger partial charge in [0.15, 0.2) is 0 Å². The zero-order valence-corrected chi connectivity index (χ0v) is 15.7. The van der Waals surface area contributed by atoms with Crippen LogP contribution in [-0.4, -0.2) is 29.8 Å². The molecule has 0 radical (unpaired) electrons. The topological polar surface area (TPSA) is 81.6 Å². The highest BCUT2D eigenvalue weighted by Crippen LogP contribution is 2.15. The molecule has 0 aliphatic heterocycles. The molecule has 2 N–H and O–H groups in total. The van der Waals surface area contributed by atoms with E-state index in [9.17, 15) is 14.0 Å². The first-order valence-electron chi connectivity index (χ1n) is 8.89. The van der Waals surface area contributed by atoms with Gasteiger partial charge in [-0.05, 0) is 29.8 Å². The molecule has 7 nitrogen and oxygen atoms in total. The monoisotopic (exact) mass is 385 g/mol. The smallest absolute Gasteiger partial charge is 0.388 e. The molecule has 0 aliphatic rings. The SMILES string of the molecule is C[NH+](C)Cc1ccccc1CNC(=O)Cn1nc(-c2ccc(F)cc2)oc1=O. The van der Waals surface area contributed by atoms with Gasteiger partial charge in [0.05, 0.1) is 14.1 Å². The molecule has 28 heavy (non-hydrogen) atoms. The molecular formula is C20H22FN4O3+. The van der Waals surface area contributed by atoms with Crippen LogP contribution < -0.4 is 16.0 Å². The molecule has 1 heterocycles. The quantitative estimate of drug-likeness (QED) is 0.624. The summed E-state index contributed by atoms with van der Waals surface area (Å²) in [7, 11) is 4.12. The van der Waals surface area contributed by atoms with Gasteiger partial charge in [0.1, 0.15) is 18.9 Å². The summed E-state index contributed by atoms with van der Waals surface area (Å²) in [5.41, 5.74) is 2.63. The number of hydrogen-bond donors (Lipinski definition) is 2. The molecule has 3 aromatic rings. The molecule has 0 spiro atoms. The van der Waals surface area contributed by atoms with Crippen molar-refractivity contribution in [1.29, 1.82) is 0 Å². The van der Waals surface area contributed by atoms with Crippen molar-refractivity contribution < 1.29 is 18.5 Å². The molecule has 0 atom stereocenters. The van der Waals surface area contributed by atoms with Gasteiger partial charge in [-0.15, -0.1) is 5.10 Å². The second-order valence-electron chi connectivity index (χ2n) is 6.77. The molecule has 0 saturated heterocycles. The van der Waals surface area contributed by atoms with E-state index in [4.69, 9.17) is 4.42 Å². The van der Waals surface area contributed by atoms with Gasteiger partial charge in [0.25, 0.3) is 0 Å². The van der Waals surface area contributed by atoms with Crippen LogP contribution in [0.2, 0.25) is 0 Å². The highest BCUT2D eigenvalue weighted by molar-refractivity contribution is 5.75. The molecule has 0 unspecified atom stereocenters. The van der Waals surface area contributed by atoms with Crippen molar-refractivity contribution in [2.45, 2.75) is 19.6 Å². The van der Waals surface area contributed by atoms with E-state index in [1.165, 1.54) is 29.2 Å². The number of benzene rings is 2. The third-order valence-electron chi connectivity index (χ3n) is 4.13. The number of aromatic nitrogens is 2. The minimum atomic E-state index is -0.744. The Balaban J connectivity index is 1.64. The van der Waals surface area contributed by atoms with Gasteiger partial charge in [0, 0.05) is 17.7 Å². The molecule has 1 amide bonds. The molecule has 0 saturated carbocycles. The number of amides is 1. The van der Waals surface area contributed by atoms with Gasteiger partial charge in [-0.3, -0.25) is 4.79 Å². The molecule has 3 rings (SSSR count). The van der Waals surface area contributed by atoms with Crippen LogP contribution in [0.15, 0.2) is 57.7 Å². The Morgan fingerprint density at radius 1 is 1.14 bits per heavy atom. The largest absolute Gasteiger partial charge is 0.437 e. The van der Waals surface area contributed by atoms with Crippen molar-refractivity contribution in [3.8, 4) is 11.5 Å². The Kier molecular flexibility index (Phi) is 6.00. The van der Waals surface area contributed by atoms with Gasteiger partial charge in [0.2, 0.25) is 11.8 Å². The highest BCUT2D eigenvalue weighted by Gasteiger charge is 2.14. The van der Waals surface area contributed by atoms with Crippen LogP contribution in [0.1, 0.15) is 11.1 Å². The van der Waals surface area contributed by atoms with Crippen LogP contribution in [0, 0.1) is 5.82 Å². The molecule has 1 aromatic heterocycles. The van der Waals surface area contributed by atoms with Crippen molar-refractivity contribution in [3.63, 3.8) is 0 Å². The lowest BCUT2D eigenvalue weighted by molar-refractivity contribution is -0.872. The van der Waals surface area contributed by atoms with Crippen LogP contribution in [0.25, 0.3) is 11.5 Å². The standard InChI is InChI=1S/C20H21FN4O3/c1-24(2)12-16-6-4-3-5-15(16)11-22-18(26)13-25-20(27)28-19(23-25)14-7-9-17(21)10-8-14/h3-10H,11-13H2,1-2H3,(H,22,26)/p+1. The van der Waals surface area contributed by atoms with Crippen molar-refractivity contribution >= 4 is 5.91 Å². The Bertz CT molecular complexity index is 1010.